The quantitative estimate of drug-likeness (QED) is 0.0745. The predicted molar refractivity (Wildman–Crippen MR) is 177 cm³/mol. The van der Waals surface area contributed by atoms with Gasteiger partial charge < -0.3 is 14.8 Å². The number of para-hydroxylation sites is 1. The van der Waals surface area contributed by atoms with Gasteiger partial charge in [-0.3, -0.25) is 0 Å². The Kier molecular flexibility index (Phi) is 19.9. The van der Waals surface area contributed by atoms with E-state index in [0.717, 1.165) is 24.1 Å². The molecule has 2 aromatic carbocycles. The van der Waals surface area contributed by atoms with Gasteiger partial charge in [-0.25, -0.2) is 8.42 Å². The number of nitrogens with zero attached hydrogens (tertiary/aromatic N) is 1. The van der Waals surface area contributed by atoms with Gasteiger partial charge in [-0.1, -0.05) is 165 Å². The summed E-state index contributed by atoms with van der Waals surface area (Å²) in [6, 6.07) is 15.2. The summed E-state index contributed by atoms with van der Waals surface area (Å²) in [4.78, 5) is 2.07. The molecule has 0 aromatic heterocycles. The van der Waals surface area contributed by atoms with Crippen LogP contribution in [0.1, 0.15) is 147 Å². The van der Waals surface area contributed by atoms with Crippen LogP contribution in [0.15, 0.2) is 53.4 Å². The molecule has 7 heteroatoms. The van der Waals surface area contributed by atoms with E-state index in [1.165, 1.54) is 128 Å². The van der Waals surface area contributed by atoms with E-state index in [4.69, 9.17) is 0 Å². The number of hydrogen-bond donors (Lipinski definition) is 1. The third-order valence-corrected chi connectivity index (χ3v) is 9.68. The molecule has 1 aliphatic rings. The fraction of sp³-hybridized carbons (Fsp3) is 0.667. The summed E-state index contributed by atoms with van der Waals surface area (Å²) < 4.78 is 35.7. The molecule has 0 fully saturated rings. The minimum atomic E-state index is -4.54. The third kappa shape index (κ3) is 14.7. The zero-order valence-electron chi connectivity index (χ0n) is 27.3. The van der Waals surface area contributed by atoms with Crippen LogP contribution in [0.2, 0.25) is 0 Å². The number of fused-ring (bicyclic) bond motifs is 1. The smallest absolute Gasteiger partial charge is 0.744 e. The molecular formula is C36H57N2NaO3S. The first-order valence-corrected chi connectivity index (χ1v) is 18.6. The van der Waals surface area contributed by atoms with Gasteiger partial charge >= 0.3 is 29.6 Å². The molecule has 0 saturated carbocycles. The van der Waals surface area contributed by atoms with E-state index in [2.05, 4.69) is 29.3 Å². The zero-order chi connectivity index (χ0) is 29.9. The molecule has 43 heavy (non-hydrogen) atoms. The second kappa shape index (κ2) is 22.5. The van der Waals surface area contributed by atoms with Crippen molar-refractivity contribution in [3.05, 3.63) is 54.1 Å². The minimum Gasteiger partial charge on any atom is -0.744 e. The Morgan fingerprint density at radius 1 is 0.651 bits per heavy atom. The van der Waals surface area contributed by atoms with E-state index in [0.29, 0.717) is 12.2 Å². The van der Waals surface area contributed by atoms with Crippen LogP contribution in [0, 0.1) is 0 Å². The molecular weight excluding hydrogens is 563 g/mol. The van der Waals surface area contributed by atoms with Crippen LogP contribution in [0.25, 0.3) is 0 Å². The number of anilines is 2. The summed E-state index contributed by atoms with van der Waals surface area (Å²) in [6.45, 7) is 2.96. The van der Waals surface area contributed by atoms with Gasteiger partial charge in [0.25, 0.3) is 0 Å². The van der Waals surface area contributed by atoms with Gasteiger partial charge in [0, 0.05) is 6.54 Å². The first-order valence-electron chi connectivity index (χ1n) is 17.2. The molecule has 0 aliphatic carbocycles. The summed E-state index contributed by atoms with van der Waals surface area (Å²) in [7, 11) is -4.54. The Hall–Kier alpha value is -1.05. The number of nitrogens with one attached hydrogen (secondary N) is 1. The van der Waals surface area contributed by atoms with E-state index in [9.17, 15) is 13.0 Å². The second-order valence-corrected chi connectivity index (χ2v) is 13.7. The van der Waals surface area contributed by atoms with Crippen LogP contribution < -0.4 is 39.8 Å². The summed E-state index contributed by atoms with van der Waals surface area (Å²) >= 11 is 0. The molecule has 1 unspecified atom stereocenters. The topological polar surface area (TPSA) is 72.5 Å². The van der Waals surface area contributed by atoms with Crippen molar-refractivity contribution in [2.45, 2.75) is 159 Å². The van der Waals surface area contributed by atoms with Gasteiger partial charge in [0.05, 0.1) is 22.4 Å². The molecule has 2 aromatic rings. The van der Waals surface area contributed by atoms with Crippen molar-refractivity contribution in [3.63, 3.8) is 0 Å². The SMILES string of the molecule is CCCCCCCCCCCCCCCCCCCCCCC1Nc2c(cccc2S(=O)(=O)[O-])N1Cc1ccccc1.[Na+]. The molecule has 236 valence electrons. The summed E-state index contributed by atoms with van der Waals surface area (Å²) in [6.07, 6.45) is 28.2. The fourth-order valence-corrected chi connectivity index (χ4v) is 6.98. The monoisotopic (exact) mass is 620 g/mol. The molecule has 0 saturated heterocycles. The Balaban J connectivity index is 0.00000645. The van der Waals surface area contributed by atoms with Crippen molar-refractivity contribution < 1.29 is 42.5 Å². The van der Waals surface area contributed by atoms with Gasteiger partial charge in [0.15, 0.2) is 0 Å². The van der Waals surface area contributed by atoms with Crippen molar-refractivity contribution in [3.8, 4) is 0 Å². The molecule has 3 rings (SSSR count). The van der Waals surface area contributed by atoms with Crippen molar-refractivity contribution in [2.75, 3.05) is 10.2 Å². The Bertz CT molecular complexity index is 1100. The molecule has 0 amide bonds. The molecule has 5 nitrogen and oxygen atoms in total. The van der Waals surface area contributed by atoms with Crippen LogP contribution in [-0.4, -0.2) is 19.1 Å². The first kappa shape index (κ1) is 38.1. The molecule has 1 heterocycles. The maximum Gasteiger partial charge on any atom is 1.00 e. The Morgan fingerprint density at radius 2 is 1.12 bits per heavy atom. The van der Waals surface area contributed by atoms with Gasteiger partial charge in [-0.2, -0.15) is 0 Å². The molecule has 0 spiro atoms. The van der Waals surface area contributed by atoms with Crippen molar-refractivity contribution >= 4 is 21.5 Å². The van der Waals surface area contributed by atoms with Crippen LogP contribution in [0.4, 0.5) is 11.4 Å². The number of unbranched alkanes of at least 4 members (excludes halogenated alkanes) is 19. The summed E-state index contributed by atoms with van der Waals surface area (Å²) in [5.74, 6) is 0. The minimum absolute atomic E-state index is 0. The van der Waals surface area contributed by atoms with E-state index < -0.39 is 10.1 Å². The van der Waals surface area contributed by atoms with Gasteiger partial charge in [0.1, 0.15) is 10.1 Å². The van der Waals surface area contributed by atoms with Crippen LogP contribution in [0.3, 0.4) is 0 Å². The first-order chi connectivity index (χ1) is 20.5. The Morgan fingerprint density at radius 3 is 1.58 bits per heavy atom. The number of rotatable bonds is 24. The molecule has 1 atom stereocenters. The van der Waals surface area contributed by atoms with Crippen molar-refractivity contribution in [2.24, 2.45) is 0 Å². The maximum absolute atomic E-state index is 11.9. The van der Waals surface area contributed by atoms with Crippen LogP contribution in [0.5, 0.6) is 0 Å². The van der Waals surface area contributed by atoms with Crippen molar-refractivity contribution in [1.29, 1.82) is 0 Å². The van der Waals surface area contributed by atoms with E-state index in [1.807, 2.05) is 24.3 Å². The largest absolute Gasteiger partial charge is 1.00 e. The van der Waals surface area contributed by atoms with E-state index >= 15 is 0 Å². The molecule has 0 radical (unpaired) electrons. The average Bonchev–Trinajstić information content (AvgIpc) is 3.33. The molecule has 0 bridgehead atoms. The zero-order valence-corrected chi connectivity index (χ0v) is 30.1. The molecule has 1 N–H and O–H groups in total. The van der Waals surface area contributed by atoms with Gasteiger partial charge in [0.2, 0.25) is 0 Å². The summed E-state index contributed by atoms with van der Waals surface area (Å²) in [5.41, 5.74) is 2.42. The fourth-order valence-electron chi connectivity index (χ4n) is 6.32. The third-order valence-electron chi connectivity index (χ3n) is 8.80. The Labute approximate surface area is 286 Å². The van der Waals surface area contributed by atoms with E-state index in [-0.39, 0.29) is 40.6 Å². The van der Waals surface area contributed by atoms with Crippen LogP contribution in [-0.2, 0) is 16.7 Å². The maximum atomic E-state index is 11.9. The van der Waals surface area contributed by atoms with E-state index in [1.54, 1.807) is 6.07 Å². The van der Waals surface area contributed by atoms with Crippen LogP contribution >= 0.6 is 0 Å². The normalized spacial score (nSPS) is 14.4. The predicted octanol–water partition coefficient (Wildman–Crippen LogP) is 7.56. The second-order valence-electron chi connectivity index (χ2n) is 12.4. The van der Waals surface area contributed by atoms with Gasteiger partial charge in [-0.05, 0) is 30.5 Å². The summed E-state index contributed by atoms with van der Waals surface area (Å²) in [5, 5.41) is 3.39. The van der Waals surface area contributed by atoms with Crippen molar-refractivity contribution in [1.82, 2.24) is 0 Å². The number of hydrogen-bond acceptors (Lipinski definition) is 5. The van der Waals surface area contributed by atoms with Gasteiger partial charge in [-0.15, -0.1) is 0 Å². The molecule has 1 aliphatic heterocycles. The number of benzene rings is 2. The standard InChI is InChI=1S/C36H58N2O3S.Na/c1-2-3-4-5-6-7-8-9-10-11-12-13-14-15-16-17-18-19-20-24-30-35-37-36-33(28-25-29-34(36)42(39,40)41)38(35)31-32-26-22-21-23-27-32;/h21-23,25-29,35,37H,2-20,24,30-31H2,1H3,(H,39,40,41);/q;+1/p-1. The average molecular weight is 621 g/mol.